The van der Waals surface area contributed by atoms with Crippen LogP contribution in [0.15, 0.2) is 18.2 Å². The molecule has 4 rings (SSSR count). The summed E-state index contributed by atoms with van der Waals surface area (Å²) < 4.78 is 5.92. The van der Waals surface area contributed by atoms with Crippen molar-refractivity contribution >= 4 is 5.78 Å². The molecule has 0 aliphatic heterocycles. The van der Waals surface area contributed by atoms with Gasteiger partial charge in [-0.05, 0) is 79.0 Å². The molecule has 0 N–H and O–H groups in total. The molecule has 1 aromatic rings. The third-order valence-corrected chi connectivity index (χ3v) is 6.99. The Labute approximate surface area is 146 Å². The van der Waals surface area contributed by atoms with E-state index in [-0.39, 0.29) is 5.41 Å². The van der Waals surface area contributed by atoms with E-state index in [4.69, 9.17) is 4.74 Å². The van der Waals surface area contributed by atoms with Gasteiger partial charge in [0.15, 0.2) is 0 Å². The minimum absolute atomic E-state index is 0.0149. The Morgan fingerprint density at radius 1 is 1.21 bits per heavy atom. The van der Waals surface area contributed by atoms with Crippen LogP contribution in [0.3, 0.4) is 0 Å². The second kappa shape index (κ2) is 5.89. The first-order valence-electron chi connectivity index (χ1n) is 9.78. The number of hydrogen-bond donors (Lipinski definition) is 0. The first-order valence-corrected chi connectivity index (χ1v) is 9.78. The van der Waals surface area contributed by atoms with Gasteiger partial charge in [0, 0.05) is 11.8 Å². The highest BCUT2D eigenvalue weighted by atomic mass is 16.5. The lowest BCUT2D eigenvalue weighted by Gasteiger charge is -2.48. The highest BCUT2D eigenvalue weighted by molar-refractivity contribution is 5.87. The second-order valence-electron chi connectivity index (χ2n) is 8.90. The van der Waals surface area contributed by atoms with E-state index in [1.165, 1.54) is 18.4 Å². The first kappa shape index (κ1) is 16.2. The monoisotopic (exact) mass is 326 g/mol. The molecule has 130 valence electrons. The molecular formula is C22H30O2. The zero-order valence-electron chi connectivity index (χ0n) is 15.3. The standard InChI is InChI=1S/C22H30O2/c1-14(2)13-24-16-5-7-17-15(12-16)4-6-19-18(17)10-11-22(3)20(19)8-9-21(22)23/h5,7,12,14,18-20H,4,6,8-11,13H2,1-3H3/t18-,19+,20+,22-/m0/s1. The maximum absolute atomic E-state index is 12.4. The van der Waals surface area contributed by atoms with Crippen LogP contribution in [0, 0.1) is 23.2 Å². The predicted molar refractivity (Wildman–Crippen MR) is 96.4 cm³/mol. The third-order valence-electron chi connectivity index (χ3n) is 6.99. The zero-order chi connectivity index (χ0) is 16.9. The molecule has 1 aromatic carbocycles. The number of carbonyl (C=O) groups is 1. The highest BCUT2D eigenvalue weighted by Crippen LogP contribution is 2.59. The van der Waals surface area contributed by atoms with Crippen LogP contribution in [0.5, 0.6) is 5.75 Å². The normalized spacial score (nSPS) is 34.7. The third kappa shape index (κ3) is 2.50. The topological polar surface area (TPSA) is 26.3 Å². The molecule has 0 heterocycles. The van der Waals surface area contributed by atoms with Crippen molar-refractivity contribution in [2.24, 2.45) is 23.2 Å². The van der Waals surface area contributed by atoms with Crippen molar-refractivity contribution in [3.05, 3.63) is 29.3 Å². The number of carbonyl (C=O) groups excluding carboxylic acids is 1. The van der Waals surface area contributed by atoms with Crippen LogP contribution in [-0.2, 0) is 11.2 Å². The molecule has 4 atom stereocenters. The van der Waals surface area contributed by atoms with Crippen molar-refractivity contribution < 1.29 is 9.53 Å². The van der Waals surface area contributed by atoms with Gasteiger partial charge in [-0.3, -0.25) is 4.79 Å². The van der Waals surface area contributed by atoms with Crippen molar-refractivity contribution in [3.63, 3.8) is 0 Å². The quantitative estimate of drug-likeness (QED) is 0.768. The van der Waals surface area contributed by atoms with E-state index in [1.54, 1.807) is 5.56 Å². The summed E-state index contributed by atoms with van der Waals surface area (Å²) in [5.41, 5.74) is 3.02. The van der Waals surface area contributed by atoms with Crippen molar-refractivity contribution in [3.8, 4) is 5.75 Å². The molecule has 0 aromatic heterocycles. The summed E-state index contributed by atoms with van der Waals surface area (Å²) in [6, 6.07) is 6.76. The number of ether oxygens (including phenoxy) is 1. The molecule has 0 saturated heterocycles. The van der Waals surface area contributed by atoms with Gasteiger partial charge in [0.1, 0.15) is 11.5 Å². The average molecular weight is 326 g/mol. The highest BCUT2D eigenvalue weighted by Gasteiger charge is 2.54. The lowest BCUT2D eigenvalue weighted by molar-refractivity contribution is -0.129. The van der Waals surface area contributed by atoms with E-state index in [2.05, 4.69) is 39.0 Å². The average Bonchev–Trinajstić information content (AvgIpc) is 2.88. The molecule has 24 heavy (non-hydrogen) atoms. The Bertz CT molecular complexity index is 647. The van der Waals surface area contributed by atoms with Gasteiger partial charge < -0.3 is 4.74 Å². The van der Waals surface area contributed by atoms with Crippen molar-refractivity contribution in [1.29, 1.82) is 0 Å². The van der Waals surface area contributed by atoms with Gasteiger partial charge in [-0.1, -0.05) is 26.8 Å². The van der Waals surface area contributed by atoms with Gasteiger partial charge in [0.25, 0.3) is 0 Å². The molecule has 0 amide bonds. The molecule has 0 radical (unpaired) electrons. The van der Waals surface area contributed by atoms with Crippen LogP contribution in [-0.4, -0.2) is 12.4 Å². The number of aryl methyl sites for hydroxylation is 1. The Morgan fingerprint density at radius 3 is 2.83 bits per heavy atom. The zero-order valence-corrected chi connectivity index (χ0v) is 15.3. The molecular weight excluding hydrogens is 296 g/mol. The fourth-order valence-corrected chi connectivity index (χ4v) is 5.68. The summed E-state index contributed by atoms with van der Waals surface area (Å²) in [6.45, 7) is 7.41. The molecule has 0 bridgehead atoms. The van der Waals surface area contributed by atoms with Gasteiger partial charge >= 0.3 is 0 Å². The fourth-order valence-electron chi connectivity index (χ4n) is 5.68. The van der Waals surface area contributed by atoms with Crippen LogP contribution < -0.4 is 4.74 Å². The number of hydrogen-bond acceptors (Lipinski definition) is 2. The Kier molecular flexibility index (Phi) is 3.97. The SMILES string of the molecule is CC(C)COc1ccc2c(c1)CC[C@H]1[C@H]3CCC(=O)[C@@]3(C)CC[C@@H]21. The Morgan fingerprint density at radius 2 is 2.04 bits per heavy atom. The molecule has 3 aliphatic rings. The summed E-state index contributed by atoms with van der Waals surface area (Å²) in [6.07, 6.45) is 6.61. The fraction of sp³-hybridized carbons (Fsp3) is 0.682. The van der Waals surface area contributed by atoms with E-state index < -0.39 is 0 Å². The minimum Gasteiger partial charge on any atom is -0.493 e. The van der Waals surface area contributed by atoms with Crippen molar-refractivity contribution in [1.82, 2.24) is 0 Å². The molecule has 2 heteroatoms. The maximum atomic E-state index is 12.4. The lowest BCUT2D eigenvalue weighted by atomic mass is 9.55. The lowest BCUT2D eigenvalue weighted by Crippen LogP contribution is -2.42. The van der Waals surface area contributed by atoms with E-state index in [0.717, 1.165) is 38.0 Å². The van der Waals surface area contributed by atoms with E-state index >= 15 is 0 Å². The van der Waals surface area contributed by atoms with Crippen molar-refractivity contribution in [2.75, 3.05) is 6.61 Å². The summed E-state index contributed by atoms with van der Waals surface area (Å²) in [7, 11) is 0. The van der Waals surface area contributed by atoms with Gasteiger partial charge in [-0.2, -0.15) is 0 Å². The number of ketones is 1. The number of benzene rings is 1. The van der Waals surface area contributed by atoms with Crippen LogP contribution >= 0.6 is 0 Å². The van der Waals surface area contributed by atoms with Gasteiger partial charge in [-0.25, -0.2) is 0 Å². The second-order valence-corrected chi connectivity index (χ2v) is 8.90. The molecule has 0 unspecified atom stereocenters. The number of rotatable bonds is 3. The maximum Gasteiger partial charge on any atom is 0.139 e. The largest absolute Gasteiger partial charge is 0.493 e. The van der Waals surface area contributed by atoms with E-state index in [1.807, 2.05) is 0 Å². The van der Waals surface area contributed by atoms with E-state index in [9.17, 15) is 4.79 Å². The summed E-state index contributed by atoms with van der Waals surface area (Å²) >= 11 is 0. The predicted octanol–water partition coefficient (Wildman–Crippen LogP) is 5.15. The first-order chi connectivity index (χ1) is 11.5. The Hall–Kier alpha value is -1.31. The molecule has 3 aliphatic carbocycles. The van der Waals surface area contributed by atoms with Gasteiger partial charge in [-0.15, -0.1) is 0 Å². The molecule has 2 saturated carbocycles. The summed E-state index contributed by atoms with van der Waals surface area (Å²) in [5, 5.41) is 0. The summed E-state index contributed by atoms with van der Waals surface area (Å²) in [4.78, 5) is 12.4. The van der Waals surface area contributed by atoms with Gasteiger partial charge in [0.2, 0.25) is 0 Å². The van der Waals surface area contributed by atoms with Crippen molar-refractivity contribution in [2.45, 2.75) is 65.2 Å². The van der Waals surface area contributed by atoms with Crippen LogP contribution in [0.1, 0.15) is 69.9 Å². The van der Waals surface area contributed by atoms with Crippen LogP contribution in [0.4, 0.5) is 0 Å². The summed E-state index contributed by atoms with van der Waals surface area (Å²) in [5.74, 6) is 4.11. The molecule has 2 nitrogen and oxygen atoms in total. The molecule has 0 spiro atoms. The smallest absolute Gasteiger partial charge is 0.139 e. The molecule has 2 fully saturated rings. The number of Topliss-reactive ketones (excluding diaryl/α,β-unsaturated/α-hetero) is 1. The Balaban J connectivity index is 1.58. The number of fused-ring (bicyclic) bond motifs is 5. The van der Waals surface area contributed by atoms with E-state index in [0.29, 0.717) is 29.5 Å². The van der Waals surface area contributed by atoms with Crippen LogP contribution in [0.2, 0.25) is 0 Å². The minimum atomic E-state index is -0.0149. The van der Waals surface area contributed by atoms with Crippen LogP contribution in [0.25, 0.3) is 0 Å². The van der Waals surface area contributed by atoms with Gasteiger partial charge in [0.05, 0.1) is 6.61 Å².